The van der Waals surface area contributed by atoms with E-state index in [4.69, 9.17) is 4.74 Å². The number of carbonyl (C=O) groups excluding carboxylic acids is 2. The Hall–Kier alpha value is -2.89. The fourth-order valence-corrected chi connectivity index (χ4v) is 3.15. The molecule has 2 aromatic rings. The van der Waals surface area contributed by atoms with Crippen molar-refractivity contribution in [3.05, 3.63) is 65.5 Å². The zero-order valence-electron chi connectivity index (χ0n) is 18.4. The number of hydrogen-bond acceptors (Lipinski definition) is 3. The van der Waals surface area contributed by atoms with Crippen LogP contribution in [-0.4, -0.2) is 35.9 Å². The molecule has 2 rings (SSSR count). The Labute approximate surface area is 178 Å². The molecule has 1 N–H and O–H groups in total. The van der Waals surface area contributed by atoms with Crippen molar-refractivity contribution in [2.24, 2.45) is 0 Å². The molecule has 2 amide bonds. The molecule has 2 aromatic carbocycles. The Balaban J connectivity index is 2.23. The van der Waals surface area contributed by atoms with Crippen LogP contribution in [0.3, 0.4) is 0 Å². The lowest BCUT2D eigenvalue weighted by molar-refractivity contribution is -0.142. The number of para-hydroxylation sites is 1. The molecule has 0 saturated carbocycles. The third kappa shape index (κ3) is 6.05. The Bertz CT molecular complexity index is 877. The summed E-state index contributed by atoms with van der Waals surface area (Å²) >= 11 is 0. The summed E-state index contributed by atoms with van der Waals surface area (Å²) in [4.78, 5) is 26.8. The van der Waals surface area contributed by atoms with Crippen molar-refractivity contribution in [3.63, 3.8) is 0 Å². The molecule has 0 unspecified atom stereocenters. The van der Waals surface area contributed by atoms with Crippen LogP contribution in [0.4, 0.5) is 4.39 Å². The molecular weight excluding hydrogens is 383 g/mol. The van der Waals surface area contributed by atoms with Gasteiger partial charge in [-0.05, 0) is 37.0 Å². The minimum atomic E-state index is -0.765. The number of hydrogen-bond donors (Lipinski definition) is 1. The highest BCUT2D eigenvalue weighted by molar-refractivity contribution is 5.87. The van der Waals surface area contributed by atoms with Gasteiger partial charge in [-0.1, -0.05) is 57.2 Å². The van der Waals surface area contributed by atoms with Crippen molar-refractivity contribution < 1.29 is 18.7 Å². The minimum Gasteiger partial charge on any atom is -0.483 e. The van der Waals surface area contributed by atoms with E-state index >= 15 is 0 Å². The SMILES string of the molecule is CCNC(=O)[C@H](C)N(Cc1ccccc1F)C(=O)COc1ccccc1C(C)(C)C. The second-order valence-corrected chi connectivity index (χ2v) is 8.22. The van der Waals surface area contributed by atoms with Gasteiger partial charge >= 0.3 is 0 Å². The molecule has 0 aliphatic carbocycles. The highest BCUT2D eigenvalue weighted by Gasteiger charge is 2.27. The maximum atomic E-state index is 14.2. The molecule has 0 heterocycles. The van der Waals surface area contributed by atoms with E-state index in [-0.39, 0.29) is 30.4 Å². The molecule has 0 bridgehead atoms. The van der Waals surface area contributed by atoms with E-state index in [1.54, 1.807) is 32.0 Å². The Morgan fingerprint density at radius 1 is 1.10 bits per heavy atom. The zero-order valence-corrected chi connectivity index (χ0v) is 18.4. The van der Waals surface area contributed by atoms with Gasteiger partial charge in [0.25, 0.3) is 5.91 Å². The van der Waals surface area contributed by atoms with Crippen molar-refractivity contribution in [2.45, 2.75) is 52.6 Å². The van der Waals surface area contributed by atoms with Gasteiger partial charge in [0.05, 0.1) is 0 Å². The molecule has 0 aliphatic heterocycles. The number of nitrogens with zero attached hydrogens (tertiary/aromatic N) is 1. The average molecular weight is 415 g/mol. The highest BCUT2D eigenvalue weighted by atomic mass is 19.1. The summed E-state index contributed by atoms with van der Waals surface area (Å²) in [5.74, 6) is -0.481. The quantitative estimate of drug-likeness (QED) is 0.709. The maximum absolute atomic E-state index is 14.2. The van der Waals surface area contributed by atoms with Gasteiger partial charge in [-0.2, -0.15) is 0 Å². The average Bonchev–Trinajstić information content (AvgIpc) is 2.70. The number of likely N-dealkylation sites (N-methyl/N-ethyl adjacent to an activating group) is 1. The lowest BCUT2D eigenvalue weighted by Crippen LogP contribution is -2.49. The van der Waals surface area contributed by atoms with Crippen molar-refractivity contribution in [1.82, 2.24) is 10.2 Å². The summed E-state index contributed by atoms with van der Waals surface area (Å²) in [6, 6.07) is 13.0. The Morgan fingerprint density at radius 3 is 2.37 bits per heavy atom. The lowest BCUT2D eigenvalue weighted by Gasteiger charge is -2.29. The molecule has 30 heavy (non-hydrogen) atoms. The first kappa shape index (κ1) is 23.4. The van der Waals surface area contributed by atoms with Crippen LogP contribution in [-0.2, 0) is 21.5 Å². The van der Waals surface area contributed by atoms with Gasteiger partial charge in [-0.3, -0.25) is 9.59 Å². The third-order valence-corrected chi connectivity index (χ3v) is 4.86. The predicted molar refractivity (Wildman–Crippen MR) is 116 cm³/mol. The van der Waals surface area contributed by atoms with Crippen LogP contribution >= 0.6 is 0 Å². The number of halogens is 1. The molecule has 6 heteroatoms. The molecule has 0 radical (unpaired) electrons. The number of nitrogens with one attached hydrogen (secondary N) is 1. The predicted octanol–water partition coefficient (Wildman–Crippen LogP) is 4.06. The first-order valence-electron chi connectivity index (χ1n) is 10.2. The van der Waals surface area contributed by atoms with Crippen LogP contribution in [0.2, 0.25) is 0 Å². The first-order chi connectivity index (χ1) is 14.1. The summed E-state index contributed by atoms with van der Waals surface area (Å²) in [5.41, 5.74) is 1.17. The van der Waals surface area contributed by atoms with Gasteiger partial charge in [0.1, 0.15) is 17.6 Å². The van der Waals surface area contributed by atoms with Gasteiger partial charge in [-0.25, -0.2) is 4.39 Å². The zero-order chi connectivity index (χ0) is 22.3. The van der Waals surface area contributed by atoms with Crippen LogP contribution in [0.1, 0.15) is 45.7 Å². The molecule has 0 fully saturated rings. The number of rotatable bonds is 8. The molecule has 0 spiro atoms. The molecule has 5 nitrogen and oxygen atoms in total. The number of amides is 2. The van der Waals surface area contributed by atoms with E-state index in [1.165, 1.54) is 11.0 Å². The van der Waals surface area contributed by atoms with Crippen molar-refractivity contribution in [2.75, 3.05) is 13.2 Å². The number of benzene rings is 2. The van der Waals surface area contributed by atoms with E-state index in [0.717, 1.165) is 5.56 Å². The number of carbonyl (C=O) groups is 2. The van der Waals surface area contributed by atoms with Crippen LogP contribution in [0, 0.1) is 5.82 Å². The Kier molecular flexibility index (Phi) is 7.98. The molecule has 0 aromatic heterocycles. The smallest absolute Gasteiger partial charge is 0.261 e. The summed E-state index contributed by atoms with van der Waals surface area (Å²) in [7, 11) is 0. The topological polar surface area (TPSA) is 58.6 Å². The van der Waals surface area contributed by atoms with E-state index in [1.807, 2.05) is 24.3 Å². The number of ether oxygens (including phenoxy) is 1. The first-order valence-corrected chi connectivity index (χ1v) is 10.2. The minimum absolute atomic E-state index is 0.0198. The van der Waals surface area contributed by atoms with Gasteiger partial charge in [0, 0.05) is 18.7 Å². The van der Waals surface area contributed by atoms with Crippen LogP contribution in [0.25, 0.3) is 0 Å². The monoisotopic (exact) mass is 414 g/mol. The second-order valence-electron chi connectivity index (χ2n) is 8.22. The van der Waals surface area contributed by atoms with Crippen molar-refractivity contribution >= 4 is 11.8 Å². The lowest BCUT2D eigenvalue weighted by atomic mass is 9.86. The Morgan fingerprint density at radius 2 is 1.73 bits per heavy atom. The second kappa shape index (κ2) is 10.2. The van der Waals surface area contributed by atoms with Gasteiger partial charge in [-0.15, -0.1) is 0 Å². The van der Waals surface area contributed by atoms with Gasteiger partial charge < -0.3 is 15.0 Å². The molecule has 162 valence electrons. The summed E-state index contributed by atoms with van der Waals surface area (Å²) in [6.07, 6.45) is 0. The van der Waals surface area contributed by atoms with Crippen LogP contribution in [0.5, 0.6) is 5.75 Å². The van der Waals surface area contributed by atoms with E-state index in [0.29, 0.717) is 17.9 Å². The highest BCUT2D eigenvalue weighted by Crippen LogP contribution is 2.31. The van der Waals surface area contributed by atoms with E-state index < -0.39 is 11.9 Å². The summed E-state index contributed by atoms with van der Waals surface area (Å²) in [6.45, 7) is 9.82. The molecule has 0 saturated heterocycles. The van der Waals surface area contributed by atoms with Crippen molar-refractivity contribution in [1.29, 1.82) is 0 Å². The molecular formula is C24H31FN2O3. The molecule has 0 aliphatic rings. The molecule has 1 atom stereocenters. The van der Waals surface area contributed by atoms with E-state index in [9.17, 15) is 14.0 Å². The fourth-order valence-electron chi connectivity index (χ4n) is 3.15. The normalized spacial score (nSPS) is 12.2. The fraction of sp³-hybridized carbons (Fsp3) is 0.417. The maximum Gasteiger partial charge on any atom is 0.261 e. The van der Waals surface area contributed by atoms with Crippen LogP contribution in [0.15, 0.2) is 48.5 Å². The third-order valence-electron chi connectivity index (χ3n) is 4.86. The summed E-state index contributed by atoms with van der Waals surface area (Å²) in [5, 5.41) is 2.72. The summed E-state index contributed by atoms with van der Waals surface area (Å²) < 4.78 is 20.0. The van der Waals surface area contributed by atoms with Gasteiger partial charge in [0.2, 0.25) is 5.91 Å². The van der Waals surface area contributed by atoms with Gasteiger partial charge in [0.15, 0.2) is 6.61 Å². The van der Waals surface area contributed by atoms with E-state index in [2.05, 4.69) is 26.1 Å². The largest absolute Gasteiger partial charge is 0.483 e. The van der Waals surface area contributed by atoms with Crippen LogP contribution < -0.4 is 10.1 Å². The standard InChI is InChI=1S/C24H31FN2O3/c1-6-26-23(29)17(2)27(15-18-11-7-9-13-20(18)25)22(28)16-30-21-14-10-8-12-19(21)24(3,4)5/h7-14,17H,6,15-16H2,1-5H3,(H,26,29)/t17-/m0/s1. The van der Waals surface area contributed by atoms with Crippen molar-refractivity contribution in [3.8, 4) is 5.75 Å².